The minimum absolute atomic E-state index is 0.0145. The normalized spacial score (nSPS) is 21.1. The molecule has 1 fully saturated rings. The number of urea groups is 1. The van der Waals surface area contributed by atoms with Crippen LogP contribution in [0, 0.1) is 5.92 Å². The number of thioether (sulfide) groups is 1. The van der Waals surface area contributed by atoms with Gasteiger partial charge in [-0.25, -0.2) is 9.78 Å². The Bertz CT molecular complexity index is 589. The van der Waals surface area contributed by atoms with Gasteiger partial charge in [0.1, 0.15) is 0 Å². The molecule has 1 aliphatic rings. The monoisotopic (exact) mass is 324 g/mol. The van der Waals surface area contributed by atoms with E-state index in [9.17, 15) is 14.4 Å². The minimum Gasteiger partial charge on any atom is -0.335 e. The van der Waals surface area contributed by atoms with E-state index < -0.39 is 11.9 Å². The zero-order valence-electron chi connectivity index (χ0n) is 12.4. The van der Waals surface area contributed by atoms with Crippen LogP contribution in [0.5, 0.6) is 0 Å². The molecule has 0 spiro atoms. The lowest BCUT2D eigenvalue weighted by atomic mass is 9.86. The SMILES string of the molecule is C[C@H]1CCCC[C@@H]1NC(=O)NC(=O)CSc1nccc(=O)[nH]1. The van der Waals surface area contributed by atoms with Gasteiger partial charge in [0.15, 0.2) is 5.16 Å². The first-order chi connectivity index (χ1) is 10.5. The summed E-state index contributed by atoms with van der Waals surface area (Å²) in [5.41, 5.74) is -0.276. The van der Waals surface area contributed by atoms with Gasteiger partial charge < -0.3 is 10.3 Å². The molecule has 8 heteroatoms. The first-order valence-electron chi connectivity index (χ1n) is 7.33. The van der Waals surface area contributed by atoms with Crippen LogP contribution in [0.25, 0.3) is 0 Å². The molecule has 1 aromatic rings. The Morgan fingerprint density at radius 1 is 1.41 bits per heavy atom. The highest BCUT2D eigenvalue weighted by molar-refractivity contribution is 7.99. The summed E-state index contributed by atoms with van der Waals surface area (Å²) in [6.07, 6.45) is 5.72. The van der Waals surface area contributed by atoms with E-state index in [2.05, 4.69) is 27.5 Å². The van der Waals surface area contributed by atoms with Crippen LogP contribution in [-0.2, 0) is 4.79 Å². The van der Waals surface area contributed by atoms with Crippen LogP contribution < -0.4 is 16.2 Å². The average Bonchev–Trinajstić information content (AvgIpc) is 2.47. The number of carbonyl (C=O) groups is 2. The molecule has 0 radical (unpaired) electrons. The lowest BCUT2D eigenvalue weighted by Gasteiger charge is -2.29. The summed E-state index contributed by atoms with van der Waals surface area (Å²) in [6, 6.07) is 0.961. The number of rotatable bonds is 4. The van der Waals surface area contributed by atoms with Gasteiger partial charge in [-0.2, -0.15) is 0 Å². The summed E-state index contributed by atoms with van der Waals surface area (Å²) in [4.78, 5) is 41.0. The topological polar surface area (TPSA) is 104 Å². The van der Waals surface area contributed by atoms with Crippen LogP contribution in [0.4, 0.5) is 4.79 Å². The van der Waals surface area contributed by atoms with Crippen LogP contribution in [0.1, 0.15) is 32.6 Å². The number of hydrogen-bond acceptors (Lipinski definition) is 5. The Labute approximate surface area is 132 Å². The van der Waals surface area contributed by atoms with E-state index in [1.54, 1.807) is 0 Å². The average molecular weight is 324 g/mol. The van der Waals surface area contributed by atoms with Crippen molar-refractivity contribution >= 4 is 23.7 Å². The standard InChI is InChI=1S/C14H20N4O3S/c1-9-4-2-3-5-10(9)16-13(21)17-12(20)8-22-14-15-7-6-11(19)18-14/h6-7,9-10H,2-5,8H2,1H3,(H,15,18,19)(H2,16,17,20,21)/t9-,10-/m0/s1. The number of amides is 3. The number of nitrogens with zero attached hydrogens (tertiary/aromatic N) is 1. The first kappa shape index (κ1) is 16.5. The van der Waals surface area contributed by atoms with Gasteiger partial charge in [0.25, 0.3) is 5.56 Å². The van der Waals surface area contributed by atoms with Gasteiger partial charge in [-0.3, -0.25) is 14.9 Å². The second kappa shape index (κ2) is 7.98. The molecule has 0 aromatic carbocycles. The second-order valence-corrected chi connectivity index (χ2v) is 6.38. The summed E-state index contributed by atoms with van der Waals surface area (Å²) in [5, 5.41) is 5.51. The molecule has 3 amide bonds. The van der Waals surface area contributed by atoms with Crippen LogP contribution >= 0.6 is 11.8 Å². The summed E-state index contributed by atoms with van der Waals surface area (Å²) >= 11 is 1.07. The number of aromatic amines is 1. The van der Waals surface area contributed by atoms with E-state index in [0.29, 0.717) is 11.1 Å². The highest BCUT2D eigenvalue weighted by Crippen LogP contribution is 2.23. The molecule has 1 saturated carbocycles. The molecule has 1 heterocycles. The van der Waals surface area contributed by atoms with Crippen molar-refractivity contribution in [3.05, 3.63) is 22.6 Å². The number of aromatic nitrogens is 2. The summed E-state index contributed by atoms with van der Waals surface area (Å²) in [7, 11) is 0. The van der Waals surface area contributed by atoms with Crippen molar-refractivity contribution in [3.8, 4) is 0 Å². The maximum Gasteiger partial charge on any atom is 0.321 e. The van der Waals surface area contributed by atoms with Crippen molar-refractivity contribution < 1.29 is 9.59 Å². The Kier molecular flexibility index (Phi) is 6.00. The highest BCUT2D eigenvalue weighted by atomic mass is 32.2. The number of hydrogen-bond donors (Lipinski definition) is 3. The van der Waals surface area contributed by atoms with Crippen molar-refractivity contribution in [1.82, 2.24) is 20.6 Å². The lowest BCUT2D eigenvalue weighted by Crippen LogP contribution is -2.48. The zero-order valence-corrected chi connectivity index (χ0v) is 13.2. The molecule has 0 unspecified atom stereocenters. The van der Waals surface area contributed by atoms with Gasteiger partial charge in [0, 0.05) is 18.3 Å². The zero-order chi connectivity index (χ0) is 15.9. The molecule has 1 aromatic heterocycles. The molecule has 2 atom stereocenters. The molecule has 0 bridgehead atoms. The van der Waals surface area contributed by atoms with Gasteiger partial charge >= 0.3 is 6.03 Å². The number of imide groups is 1. The molecule has 3 N–H and O–H groups in total. The summed E-state index contributed by atoms with van der Waals surface area (Å²) in [6.45, 7) is 2.11. The fourth-order valence-corrected chi connectivity index (χ4v) is 3.11. The predicted octanol–water partition coefficient (Wildman–Crippen LogP) is 1.27. The third-order valence-corrected chi connectivity index (χ3v) is 4.56. The molecule has 120 valence electrons. The smallest absolute Gasteiger partial charge is 0.321 e. The van der Waals surface area contributed by atoms with Gasteiger partial charge in [0.05, 0.1) is 5.75 Å². The fraction of sp³-hybridized carbons (Fsp3) is 0.571. The quantitative estimate of drug-likeness (QED) is 0.571. The third kappa shape index (κ3) is 5.18. The van der Waals surface area contributed by atoms with Crippen molar-refractivity contribution in [2.45, 2.75) is 43.8 Å². The third-order valence-electron chi connectivity index (χ3n) is 3.67. The van der Waals surface area contributed by atoms with Crippen molar-refractivity contribution in [1.29, 1.82) is 0 Å². The van der Waals surface area contributed by atoms with Crippen LogP contribution in [-0.4, -0.2) is 33.7 Å². The van der Waals surface area contributed by atoms with Crippen molar-refractivity contribution in [2.24, 2.45) is 5.92 Å². The van der Waals surface area contributed by atoms with Crippen molar-refractivity contribution in [3.63, 3.8) is 0 Å². The lowest BCUT2D eigenvalue weighted by molar-refractivity contribution is -0.117. The van der Waals surface area contributed by atoms with Gasteiger partial charge in [-0.05, 0) is 18.8 Å². The van der Waals surface area contributed by atoms with E-state index in [1.807, 2.05) is 0 Å². The first-order valence-corrected chi connectivity index (χ1v) is 8.31. The molecule has 0 aliphatic heterocycles. The van der Waals surface area contributed by atoms with Crippen LogP contribution in [0.2, 0.25) is 0 Å². The van der Waals surface area contributed by atoms with E-state index in [4.69, 9.17) is 0 Å². The Hall–Kier alpha value is -1.83. The Morgan fingerprint density at radius 3 is 2.91 bits per heavy atom. The van der Waals surface area contributed by atoms with E-state index in [-0.39, 0.29) is 17.4 Å². The number of H-pyrrole nitrogens is 1. The number of nitrogens with one attached hydrogen (secondary N) is 3. The van der Waals surface area contributed by atoms with E-state index in [0.717, 1.165) is 31.0 Å². The molecular weight excluding hydrogens is 304 g/mol. The maximum absolute atomic E-state index is 11.8. The molecular formula is C14H20N4O3S. The van der Waals surface area contributed by atoms with E-state index >= 15 is 0 Å². The largest absolute Gasteiger partial charge is 0.335 e. The predicted molar refractivity (Wildman–Crippen MR) is 83.7 cm³/mol. The second-order valence-electron chi connectivity index (χ2n) is 5.42. The van der Waals surface area contributed by atoms with Crippen LogP contribution in [0.15, 0.2) is 22.2 Å². The fourth-order valence-electron chi connectivity index (χ4n) is 2.46. The minimum atomic E-state index is -0.459. The van der Waals surface area contributed by atoms with Crippen molar-refractivity contribution in [2.75, 3.05) is 5.75 Å². The summed E-state index contributed by atoms with van der Waals surface area (Å²) in [5.74, 6) is 0.0284. The number of carbonyl (C=O) groups excluding carboxylic acids is 2. The van der Waals surface area contributed by atoms with Gasteiger partial charge in [-0.1, -0.05) is 31.5 Å². The Balaban J connectivity index is 1.74. The maximum atomic E-state index is 11.8. The molecule has 0 saturated heterocycles. The Morgan fingerprint density at radius 2 is 2.18 bits per heavy atom. The molecule has 22 heavy (non-hydrogen) atoms. The summed E-state index contributed by atoms with van der Waals surface area (Å²) < 4.78 is 0. The van der Waals surface area contributed by atoms with E-state index in [1.165, 1.54) is 18.7 Å². The highest BCUT2D eigenvalue weighted by Gasteiger charge is 2.23. The van der Waals surface area contributed by atoms with Gasteiger partial charge in [-0.15, -0.1) is 0 Å². The molecule has 2 rings (SSSR count). The van der Waals surface area contributed by atoms with Crippen LogP contribution in [0.3, 0.4) is 0 Å². The van der Waals surface area contributed by atoms with Gasteiger partial charge in [0.2, 0.25) is 5.91 Å². The molecule has 7 nitrogen and oxygen atoms in total. The molecule has 1 aliphatic carbocycles.